The normalized spacial score (nSPS) is 17.8. The molecule has 158 valence electrons. The smallest absolute Gasteiger partial charge is 0.287 e. The second-order valence-corrected chi connectivity index (χ2v) is 7.98. The molecule has 2 saturated heterocycles. The summed E-state index contributed by atoms with van der Waals surface area (Å²) < 4.78 is 0. The van der Waals surface area contributed by atoms with Crippen LogP contribution in [0.5, 0.6) is 0 Å². The molecule has 2 fully saturated rings. The summed E-state index contributed by atoms with van der Waals surface area (Å²) in [6, 6.07) is 6.87. The van der Waals surface area contributed by atoms with Crippen molar-refractivity contribution in [2.45, 2.75) is 12.8 Å². The number of rotatable bonds is 4. The molecule has 4 heterocycles. The van der Waals surface area contributed by atoms with Crippen LogP contribution in [-0.2, 0) is 4.79 Å². The van der Waals surface area contributed by atoms with Crippen molar-refractivity contribution in [3.63, 3.8) is 0 Å². The second-order valence-electron chi connectivity index (χ2n) is 7.54. The number of piperazine rings is 1. The molecule has 2 aliphatic heterocycles. The lowest BCUT2D eigenvalue weighted by Gasteiger charge is -2.39. The van der Waals surface area contributed by atoms with E-state index < -0.39 is 4.92 Å². The average molecular weight is 431 g/mol. The lowest BCUT2D eigenvalue weighted by atomic mass is 9.95. The van der Waals surface area contributed by atoms with Gasteiger partial charge >= 0.3 is 0 Å². The summed E-state index contributed by atoms with van der Waals surface area (Å²) in [7, 11) is 0. The number of nitro groups is 1. The average Bonchev–Trinajstić information content (AvgIpc) is 2.79. The largest absolute Gasteiger partial charge is 0.357 e. The number of hydrogen-bond donors (Lipinski definition) is 0. The Morgan fingerprint density at radius 2 is 1.53 bits per heavy atom. The molecule has 0 N–H and O–H groups in total. The van der Waals surface area contributed by atoms with Gasteiger partial charge in [0, 0.05) is 57.4 Å². The van der Waals surface area contributed by atoms with E-state index in [4.69, 9.17) is 11.6 Å². The molecule has 0 radical (unpaired) electrons. The molecule has 0 aliphatic carbocycles. The lowest BCUT2D eigenvalue weighted by Crippen LogP contribution is -2.52. The Labute approximate surface area is 179 Å². The van der Waals surface area contributed by atoms with Crippen LogP contribution in [0.1, 0.15) is 12.8 Å². The number of carbonyl (C=O) groups excluding carboxylic acids is 1. The molecule has 10 heteroatoms. The van der Waals surface area contributed by atoms with Crippen molar-refractivity contribution in [3.8, 4) is 0 Å². The third kappa shape index (κ3) is 4.46. The molecule has 2 aliphatic rings. The molecule has 1 amide bonds. The van der Waals surface area contributed by atoms with Crippen LogP contribution in [0.15, 0.2) is 36.7 Å². The molecule has 4 rings (SSSR count). The summed E-state index contributed by atoms with van der Waals surface area (Å²) in [6.45, 7) is 4.22. The third-order valence-electron chi connectivity index (χ3n) is 5.74. The maximum atomic E-state index is 13.0. The first kappa shape index (κ1) is 20.3. The minimum atomic E-state index is -0.457. The van der Waals surface area contributed by atoms with E-state index in [-0.39, 0.29) is 17.5 Å². The van der Waals surface area contributed by atoms with E-state index in [9.17, 15) is 14.9 Å². The number of carbonyl (C=O) groups is 1. The van der Waals surface area contributed by atoms with Crippen LogP contribution < -0.4 is 9.80 Å². The Kier molecular flexibility index (Phi) is 5.98. The number of hydrogen-bond acceptors (Lipinski definition) is 7. The van der Waals surface area contributed by atoms with Gasteiger partial charge in [0.1, 0.15) is 17.8 Å². The van der Waals surface area contributed by atoms with Gasteiger partial charge in [0.25, 0.3) is 5.69 Å². The number of nitrogens with zero attached hydrogens (tertiary/aromatic N) is 6. The summed E-state index contributed by atoms with van der Waals surface area (Å²) in [6.07, 6.45) is 4.55. The predicted molar refractivity (Wildman–Crippen MR) is 114 cm³/mol. The predicted octanol–water partition coefficient (Wildman–Crippen LogP) is 2.60. The molecular weight excluding hydrogens is 408 g/mol. The number of pyridine rings is 2. The van der Waals surface area contributed by atoms with E-state index in [0.29, 0.717) is 37.0 Å². The lowest BCUT2D eigenvalue weighted by molar-refractivity contribution is -0.385. The highest BCUT2D eigenvalue weighted by Gasteiger charge is 2.31. The van der Waals surface area contributed by atoms with Crippen molar-refractivity contribution in [2.75, 3.05) is 49.1 Å². The summed E-state index contributed by atoms with van der Waals surface area (Å²) in [5.74, 6) is 1.86. The molecular formula is C20H23ClN6O3. The van der Waals surface area contributed by atoms with Crippen molar-refractivity contribution in [2.24, 2.45) is 5.92 Å². The number of amides is 1. The molecule has 0 unspecified atom stereocenters. The monoisotopic (exact) mass is 430 g/mol. The molecule has 0 atom stereocenters. The Morgan fingerprint density at radius 1 is 0.933 bits per heavy atom. The molecule has 0 saturated carbocycles. The van der Waals surface area contributed by atoms with Crippen LogP contribution in [0, 0.1) is 16.0 Å². The van der Waals surface area contributed by atoms with Gasteiger partial charge in [-0.2, -0.15) is 0 Å². The summed E-state index contributed by atoms with van der Waals surface area (Å²) in [5, 5.41) is 11.4. The van der Waals surface area contributed by atoms with E-state index >= 15 is 0 Å². The number of aromatic nitrogens is 2. The zero-order valence-electron chi connectivity index (χ0n) is 16.5. The summed E-state index contributed by atoms with van der Waals surface area (Å²) in [4.78, 5) is 38.0. The fraction of sp³-hybridized carbons (Fsp3) is 0.450. The van der Waals surface area contributed by atoms with Gasteiger partial charge in [-0.25, -0.2) is 9.97 Å². The van der Waals surface area contributed by atoms with Crippen molar-refractivity contribution in [1.29, 1.82) is 0 Å². The quantitative estimate of drug-likeness (QED) is 0.543. The maximum absolute atomic E-state index is 13.0. The van der Waals surface area contributed by atoms with Crippen LogP contribution in [0.25, 0.3) is 0 Å². The first-order valence-corrected chi connectivity index (χ1v) is 10.4. The van der Waals surface area contributed by atoms with Gasteiger partial charge in [-0.3, -0.25) is 14.9 Å². The van der Waals surface area contributed by atoms with Crippen LogP contribution in [0.3, 0.4) is 0 Å². The third-order valence-corrected chi connectivity index (χ3v) is 5.96. The standard InChI is InChI=1S/C20H23ClN6O3/c21-16-1-3-18(22-13-16)24-7-5-15(6-8-24)20(28)26-11-9-25(10-12-26)19-4-2-17(14-23-19)27(29)30/h1-4,13-15H,5-12H2. The SMILES string of the molecule is O=C(C1CCN(c2ccc(Cl)cn2)CC1)N1CCN(c2ccc([N+](=O)[O-])cn2)CC1. The van der Waals surface area contributed by atoms with Gasteiger partial charge in [-0.05, 0) is 31.0 Å². The van der Waals surface area contributed by atoms with Gasteiger partial charge in [-0.15, -0.1) is 0 Å². The topological polar surface area (TPSA) is 95.7 Å². The minimum Gasteiger partial charge on any atom is -0.357 e. The first-order valence-electron chi connectivity index (χ1n) is 10.0. The van der Waals surface area contributed by atoms with E-state index in [1.165, 1.54) is 12.3 Å². The van der Waals surface area contributed by atoms with Crippen LogP contribution in [0.4, 0.5) is 17.3 Å². The molecule has 2 aromatic rings. The Morgan fingerprint density at radius 3 is 2.07 bits per heavy atom. The summed E-state index contributed by atoms with van der Waals surface area (Å²) in [5.41, 5.74) is -0.0206. The fourth-order valence-corrected chi connectivity index (χ4v) is 4.11. The highest BCUT2D eigenvalue weighted by atomic mass is 35.5. The highest BCUT2D eigenvalue weighted by molar-refractivity contribution is 6.30. The minimum absolute atomic E-state index is 0.0206. The Balaban J connectivity index is 1.27. The van der Waals surface area contributed by atoms with Crippen molar-refractivity contribution < 1.29 is 9.72 Å². The van der Waals surface area contributed by atoms with E-state index in [1.54, 1.807) is 12.3 Å². The molecule has 0 aromatic carbocycles. The van der Waals surface area contributed by atoms with Gasteiger partial charge in [0.05, 0.1) is 9.95 Å². The Bertz CT molecular complexity index is 892. The van der Waals surface area contributed by atoms with Gasteiger partial charge in [-0.1, -0.05) is 11.6 Å². The molecule has 0 bridgehead atoms. The van der Waals surface area contributed by atoms with Crippen LogP contribution in [0.2, 0.25) is 5.02 Å². The van der Waals surface area contributed by atoms with Gasteiger partial charge in [0.15, 0.2) is 0 Å². The zero-order chi connectivity index (χ0) is 21.1. The van der Waals surface area contributed by atoms with Gasteiger partial charge < -0.3 is 14.7 Å². The molecule has 30 heavy (non-hydrogen) atoms. The molecule has 9 nitrogen and oxygen atoms in total. The molecule has 0 spiro atoms. The Hall–Kier alpha value is -2.94. The summed E-state index contributed by atoms with van der Waals surface area (Å²) >= 11 is 5.90. The number of halogens is 1. The maximum Gasteiger partial charge on any atom is 0.287 e. The van der Waals surface area contributed by atoms with Crippen molar-refractivity contribution in [1.82, 2.24) is 14.9 Å². The van der Waals surface area contributed by atoms with E-state index in [0.717, 1.165) is 31.7 Å². The van der Waals surface area contributed by atoms with E-state index in [1.807, 2.05) is 17.0 Å². The first-order chi connectivity index (χ1) is 14.5. The van der Waals surface area contributed by atoms with Crippen LogP contribution in [-0.4, -0.2) is 65.0 Å². The highest BCUT2D eigenvalue weighted by Crippen LogP contribution is 2.25. The fourth-order valence-electron chi connectivity index (χ4n) is 4.00. The molecule has 2 aromatic heterocycles. The zero-order valence-corrected chi connectivity index (χ0v) is 17.2. The van der Waals surface area contributed by atoms with Crippen molar-refractivity contribution >= 4 is 34.8 Å². The second kappa shape index (κ2) is 8.83. The number of piperidine rings is 1. The van der Waals surface area contributed by atoms with Crippen molar-refractivity contribution in [3.05, 3.63) is 51.8 Å². The van der Waals surface area contributed by atoms with Gasteiger partial charge in [0.2, 0.25) is 5.91 Å². The van der Waals surface area contributed by atoms with Crippen LogP contribution >= 0.6 is 11.6 Å². The van der Waals surface area contributed by atoms with E-state index in [2.05, 4.69) is 19.8 Å². The number of anilines is 2.